The fourth-order valence-electron chi connectivity index (χ4n) is 2.78. The lowest BCUT2D eigenvalue weighted by molar-refractivity contribution is 0.352. The molecule has 0 bridgehead atoms. The van der Waals surface area contributed by atoms with E-state index in [1.807, 2.05) is 13.3 Å². The van der Waals surface area contributed by atoms with Crippen LogP contribution >= 0.6 is 0 Å². The Morgan fingerprint density at radius 3 is 2.37 bits per heavy atom. The Hall–Kier alpha value is -1.54. The molecule has 2 rings (SSSR count). The van der Waals surface area contributed by atoms with Crippen LogP contribution in [-0.4, -0.2) is 7.05 Å². The molecule has 0 spiro atoms. The standard InChI is InChI=1S/C17H23NO/c1-4-13(2)16(14-8-6-5-7-9-14)17(18-3)15-10-11-19-12-15/h5-13,16-18H,4H2,1-3H3. The Kier molecular flexibility index (Phi) is 4.80. The smallest absolute Gasteiger partial charge is 0.0950 e. The number of benzene rings is 1. The molecule has 0 fully saturated rings. The zero-order valence-electron chi connectivity index (χ0n) is 12.0. The van der Waals surface area contributed by atoms with Gasteiger partial charge in [0, 0.05) is 17.5 Å². The molecule has 0 radical (unpaired) electrons. The van der Waals surface area contributed by atoms with E-state index in [4.69, 9.17) is 4.42 Å². The van der Waals surface area contributed by atoms with Gasteiger partial charge in [0.15, 0.2) is 0 Å². The summed E-state index contributed by atoms with van der Waals surface area (Å²) in [5.74, 6) is 1.06. The second kappa shape index (κ2) is 6.58. The molecule has 2 heteroatoms. The van der Waals surface area contributed by atoms with Crippen LogP contribution in [0.25, 0.3) is 0 Å². The first-order valence-electron chi connectivity index (χ1n) is 7.02. The van der Waals surface area contributed by atoms with Crippen molar-refractivity contribution in [1.82, 2.24) is 5.32 Å². The maximum Gasteiger partial charge on any atom is 0.0950 e. The third-order valence-corrected chi connectivity index (χ3v) is 4.01. The van der Waals surface area contributed by atoms with Crippen molar-refractivity contribution in [3.8, 4) is 0 Å². The van der Waals surface area contributed by atoms with Crippen LogP contribution in [0, 0.1) is 5.92 Å². The van der Waals surface area contributed by atoms with Crippen molar-refractivity contribution in [2.24, 2.45) is 5.92 Å². The van der Waals surface area contributed by atoms with Gasteiger partial charge in [-0.1, -0.05) is 50.6 Å². The van der Waals surface area contributed by atoms with Crippen molar-refractivity contribution in [3.05, 3.63) is 60.1 Å². The maximum atomic E-state index is 5.26. The van der Waals surface area contributed by atoms with Gasteiger partial charge in [-0.3, -0.25) is 0 Å². The molecule has 1 N–H and O–H groups in total. The van der Waals surface area contributed by atoms with Gasteiger partial charge in [0.1, 0.15) is 0 Å². The second-order valence-electron chi connectivity index (χ2n) is 5.15. The summed E-state index contributed by atoms with van der Waals surface area (Å²) in [6.45, 7) is 4.57. The van der Waals surface area contributed by atoms with Crippen LogP contribution in [0.5, 0.6) is 0 Å². The minimum absolute atomic E-state index is 0.288. The molecule has 0 saturated carbocycles. The molecule has 0 aliphatic rings. The first-order valence-corrected chi connectivity index (χ1v) is 7.02. The van der Waals surface area contributed by atoms with Crippen molar-refractivity contribution >= 4 is 0 Å². The lowest BCUT2D eigenvalue weighted by Gasteiger charge is -2.31. The van der Waals surface area contributed by atoms with Gasteiger partial charge < -0.3 is 9.73 Å². The molecule has 2 aromatic rings. The molecular weight excluding hydrogens is 234 g/mol. The van der Waals surface area contributed by atoms with Crippen LogP contribution in [0.3, 0.4) is 0 Å². The molecule has 19 heavy (non-hydrogen) atoms. The van der Waals surface area contributed by atoms with Crippen molar-refractivity contribution < 1.29 is 4.42 Å². The average Bonchev–Trinajstić information content (AvgIpc) is 2.98. The summed E-state index contributed by atoms with van der Waals surface area (Å²) in [5.41, 5.74) is 2.61. The molecule has 3 unspecified atom stereocenters. The topological polar surface area (TPSA) is 25.2 Å². The van der Waals surface area contributed by atoms with Crippen molar-refractivity contribution in [3.63, 3.8) is 0 Å². The Bertz CT molecular complexity index is 463. The van der Waals surface area contributed by atoms with Gasteiger partial charge in [0.05, 0.1) is 12.5 Å². The summed E-state index contributed by atoms with van der Waals surface area (Å²) < 4.78 is 5.26. The second-order valence-corrected chi connectivity index (χ2v) is 5.15. The van der Waals surface area contributed by atoms with Gasteiger partial charge in [-0.25, -0.2) is 0 Å². The normalized spacial score (nSPS) is 15.9. The highest BCUT2D eigenvalue weighted by atomic mass is 16.3. The van der Waals surface area contributed by atoms with E-state index in [0.717, 1.165) is 6.42 Å². The molecule has 0 aliphatic carbocycles. The molecule has 0 aliphatic heterocycles. The lowest BCUT2D eigenvalue weighted by atomic mass is 9.78. The van der Waals surface area contributed by atoms with Crippen LogP contribution in [0.2, 0.25) is 0 Å². The number of hydrogen-bond acceptors (Lipinski definition) is 2. The molecular formula is C17H23NO. The molecule has 1 aromatic heterocycles. The van der Waals surface area contributed by atoms with Crippen LogP contribution in [0.15, 0.2) is 53.3 Å². The predicted octanol–water partition coefficient (Wildman–Crippen LogP) is 4.37. The number of furan rings is 1. The Morgan fingerprint density at radius 1 is 1.11 bits per heavy atom. The van der Waals surface area contributed by atoms with Crippen molar-refractivity contribution in [1.29, 1.82) is 0 Å². The zero-order chi connectivity index (χ0) is 13.7. The summed E-state index contributed by atoms with van der Waals surface area (Å²) in [6, 6.07) is 13.1. The van der Waals surface area contributed by atoms with E-state index in [1.54, 1.807) is 6.26 Å². The molecule has 0 amide bonds. The minimum Gasteiger partial charge on any atom is -0.472 e. The highest BCUT2D eigenvalue weighted by molar-refractivity contribution is 5.26. The fraction of sp³-hybridized carbons (Fsp3) is 0.412. The summed E-state index contributed by atoms with van der Waals surface area (Å²) in [6.07, 6.45) is 4.76. The Labute approximate surface area is 115 Å². The maximum absolute atomic E-state index is 5.26. The highest BCUT2D eigenvalue weighted by Crippen LogP contribution is 2.38. The van der Waals surface area contributed by atoms with Gasteiger partial charge in [-0.2, -0.15) is 0 Å². The van der Waals surface area contributed by atoms with Crippen molar-refractivity contribution in [2.45, 2.75) is 32.2 Å². The summed E-state index contributed by atoms with van der Waals surface area (Å²) in [7, 11) is 2.02. The quantitative estimate of drug-likeness (QED) is 0.831. The first-order chi connectivity index (χ1) is 9.27. The highest BCUT2D eigenvalue weighted by Gasteiger charge is 2.28. The molecule has 1 heterocycles. The Balaban J connectivity index is 2.37. The molecule has 102 valence electrons. The summed E-state index contributed by atoms with van der Waals surface area (Å²) in [4.78, 5) is 0. The number of hydrogen-bond donors (Lipinski definition) is 1. The lowest BCUT2D eigenvalue weighted by Crippen LogP contribution is -2.27. The third kappa shape index (κ3) is 3.07. The largest absolute Gasteiger partial charge is 0.472 e. The van der Waals surface area contributed by atoms with E-state index >= 15 is 0 Å². The number of nitrogens with one attached hydrogen (secondary N) is 1. The molecule has 2 nitrogen and oxygen atoms in total. The van der Waals surface area contributed by atoms with E-state index in [-0.39, 0.29) is 6.04 Å². The summed E-state index contributed by atoms with van der Waals surface area (Å²) in [5, 5.41) is 3.46. The van der Waals surface area contributed by atoms with Crippen LogP contribution in [0.1, 0.15) is 43.4 Å². The van der Waals surface area contributed by atoms with Crippen LogP contribution in [0.4, 0.5) is 0 Å². The van der Waals surface area contributed by atoms with Crippen molar-refractivity contribution in [2.75, 3.05) is 7.05 Å². The number of likely N-dealkylation sites (N-methyl/N-ethyl adjacent to an activating group) is 1. The van der Waals surface area contributed by atoms with Crippen LogP contribution in [-0.2, 0) is 0 Å². The zero-order valence-corrected chi connectivity index (χ0v) is 12.0. The average molecular weight is 257 g/mol. The van der Waals surface area contributed by atoms with E-state index in [0.29, 0.717) is 11.8 Å². The van der Waals surface area contributed by atoms with E-state index in [9.17, 15) is 0 Å². The van der Waals surface area contributed by atoms with E-state index in [1.165, 1.54) is 11.1 Å². The molecule has 3 atom stereocenters. The number of rotatable bonds is 6. The molecule has 1 aromatic carbocycles. The van der Waals surface area contributed by atoms with Crippen LogP contribution < -0.4 is 5.32 Å². The van der Waals surface area contributed by atoms with Gasteiger partial charge in [-0.15, -0.1) is 0 Å². The minimum atomic E-state index is 0.288. The summed E-state index contributed by atoms with van der Waals surface area (Å²) >= 11 is 0. The van der Waals surface area contributed by atoms with Gasteiger partial charge in [0.2, 0.25) is 0 Å². The van der Waals surface area contributed by atoms with Gasteiger partial charge in [0.25, 0.3) is 0 Å². The van der Waals surface area contributed by atoms with E-state index in [2.05, 4.69) is 55.6 Å². The fourth-order valence-corrected chi connectivity index (χ4v) is 2.78. The monoisotopic (exact) mass is 257 g/mol. The van der Waals surface area contributed by atoms with Gasteiger partial charge >= 0.3 is 0 Å². The van der Waals surface area contributed by atoms with Gasteiger partial charge in [-0.05, 0) is 24.6 Å². The molecule has 0 saturated heterocycles. The Morgan fingerprint density at radius 2 is 1.84 bits per heavy atom. The third-order valence-electron chi connectivity index (χ3n) is 4.01. The predicted molar refractivity (Wildman–Crippen MR) is 79.1 cm³/mol. The van der Waals surface area contributed by atoms with E-state index < -0.39 is 0 Å². The first kappa shape index (κ1) is 13.9. The SMILES string of the molecule is CCC(C)C(c1ccccc1)C(NC)c1ccoc1.